The van der Waals surface area contributed by atoms with Crippen LogP contribution >= 0.6 is 0 Å². The molecule has 1 fully saturated rings. The first-order valence-corrected chi connectivity index (χ1v) is 7.39. The van der Waals surface area contributed by atoms with Crippen molar-refractivity contribution in [2.45, 2.75) is 0 Å². The zero-order valence-electron chi connectivity index (χ0n) is 13.3. The molecular weight excluding hydrogens is 302 g/mol. The molecule has 2 amide bonds. The van der Waals surface area contributed by atoms with E-state index in [-0.39, 0.29) is 23.3 Å². The number of rotatable bonds is 4. The second-order valence-corrected chi connectivity index (χ2v) is 5.24. The fraction of sp³-hybridized carbons (Fsp3) is 0.571. The van der Waals surface area contributed by atoms with Crippen molar-refractivity contribution in [3.05, 3.63) is 28.2 Å². The Morgan fingerprint density at radius 3 is 2.57 bits per heavy atom. The van der Waals surface area contributed by atoms with E-state index in [1.807, 2.05) is 0 Å². The van der Waals surface area contributed by atoms with Crippen molar-refractivity contribution in [3.63, 3.8) is 0 Å². The van der Waals surface area contributed by atoms with Gasteiger partial charge in [0.15, 0.2) is 0 Å². The lowest BCUT2D eigenvalue weighted by atomic mass is 10.3. The molecule has 0 spiro atoms. The van der Waals surface area contributed by atoms with Gasteiger partial charge in [0, 0.05) is 52.4 Å². The third-order valence-electron chi connectivity index (χ3n) is 3.71. The molecule has 2 heterocycles. The predicted octanol–water partition coefficient (Wildman–Crippen LogP) is -1.11. The lowest BCUT2D eigenvalue weighted by Crippen LogP contribution is -2.50. The Balaban J connectivity index is 1.73. The summed E-state index contributed by atoms with van der Waals surface area (Å²) in [6.07, 6.45) is -0.307. The van der Waals surface area contributed by atoms with E-state index in [2.05, 4.69) is 20.1 Å². The van der Waals surface area contributed by atoms with Crippen molar-refractivity contribution in [2.24, 2.45) is 7.05 Å². The number of aryl methyl sites for hydroxylation is 1. The summed E-state index contributed by atoms with van der Waals surface area (Å²) < 4.78 is 5.81. The largest absolute Gasteiger partial charge is 0.453 e. The van der Waals surface area contributed by atoms with E-state index in [4.69, 9.17) is 0 Å². The average Bonchev–Trinajstić information content (AvgIpc) is 2.57. The summed E-state index contributed by atoms with van der Waals surface area (Å²) >= 11 is 0. The van der Waals surface area contributed by atoms with Gasteiger partial charge in [0.05, 0.1) is 7.11 Å². The molecular formula is C14H21N5O4. The summed E-state index contributed by atoms with van der Waals surface area (Å²) in [6, 6.07) is 2.72. The summed E-state index contributed by atoms with van der Waals surface area (Å²) in [5.74, 6) is -0.311. The molecule has 0 atom stereocenters. The number of hydrogen-bond acceptors (Lipinski definition) is 6. The molecule has 0 bridgehead atoms. The monoisotopic (exact) mass is 323 g/mol. The maximum absolute atomic E-state index is 12.0. The van der Waals surface area contributed by atoms with E-state index in [0.29, 0.717) is 26.2 Å². The second kappa shape index (κ2) is 7.73. The molecule has 0 aliphatic carbocycles. The zero-order chi connectivity index (χ0) is 16.8. The van der Waals surface area contributed by atoms with E-state index in [0.717, 1.165) is 17.8 Å². The number of piperazine rings is 1. The van der Waals surface area contributed by atoms with Crippen molar-refractivity contribution >= 4 is 12.0 Å². The molecule has 2 rings (SSSR count). The lowest BCUT2D eigenvalue weighted by Gasteiger charge is -2.33. The van der Waals surface area contributed by atoms with Crippen LogP contribution in [0.2, 0.25) is 0 Å². The van der Waals surface area contributed by atoms with Crippen molar-refractivity contribution in [3.8, 4) is 0 Å². The highest BCUT2D eigenvalue weighted by atomic mass is 16.5. The van der Waals surface area contributed by atoms with Crippen molar-refractivity contribution in [2.75, 3.05) is 46.4 Å². The maximum atomic E-state index is 12.0. The molecule has 1 aliphatic rings. The van der Waals surface area contributed by atoms with Crippen molar-refractivity contribution in [1.29, 1.82) is 0 Å². The highest BCUT2D eigenvalue weighted by Crippen LogP contribution is 2.02. The predicted molar refractivity (Wildman–Crippen MR) is 82.2 cm³/mol. The molecule has 126 valence electrons. The van der Waals surface area contributed by atoms with Crippen LogP contribution in [-0.4, -0.2) is 78.0 Å². The average molecular weight is 323 g/mol. The van der Waals surface area contributed by atoms with Crippen LogP contribution in [-0.2, 0) is 11.8 Å². The molecule has 9 heteroatoms. The van der Waals surface area contributed by atoms with Gasteiger partial charge in [-0.3, -0.25) is 14.5 Å². The van der Waals surface area contributed by atoms with Crippen molar-refractivity contribution < 1.29 is 14.3 Å². The molecule has 1 aliphatic heterocycles. The zero-order valence-corrected chi connectivity index (χ0v) is 13.3. The van der Waals surface area contributed by atoms with Crippen LogP contribution in [0.15, 0.2) is 16.9 Å². The lowest BCUT2D eigenvalue weighted by molar-refractivity contribution is 0.0882. The molecule has 1 aromatic rings. The Bertz CT molecular complexity index is 622. The van der Waals surface area contributed by atoms with Crippen LogP contribution < -0.4 is 10.9 Å². The first kappa shape index (κ1) is 16.9. The number of carbonyl (C=O) groups is 2. The molecule has 0 saturated carbocycles. The van der Waals surface area contributed by atoms with E-state index in [9.17, 15) is 14.4 Å². The van der Waals surface area contributed by atoms with Gasteiger partial charge in [0.2, 0.25) is 0 Å². The van der Waals surface area contributed by atoms with Crippen LogP contribution in [0.3, 0.4) is 0 Å². The van der Waals surface area contributed by atoms with Crippen LogP contribution in [0.1, 0.15) is 10.5 Å². The normalized spacial score (nSPS) is 15.3. The van der Waals surface area contributed by atoms with Gasteiger partial charge in [-0.2, -0.15) is 5.10 Å². The standard InChI is InChI=1S/C14H21N5O4/c1-17-12(20)4-3-11(16-17)13(21)15-5-6-18-7-9-19(10-8-18)14(22)23-2/h3-4H,5-10H2,1-2H3,(H,15,21). The number of amides is 2. The first-order chi connectivity index (χ1) is 11.0. The molecule has 1 saturated heterocycles. The number of nitrogens with one attached hydrogen (secondary N) is 1. The molecule has 0 unspecified atom stereocenters. The summed E-state index contributed by atoms with van der Waals surface area (Å²) in [5.41, 5.74) is -0.0485. The summed E-state index contributed by atoms with van der Waals surface area (Å²) in [5, 5.41) is 6.67. The number of carbonyl (C=O) groups excluding carboxylic acids is 2. The number of ether oxygens (including phenoxy) is 1. The minimum atomic E-state index is -0.311. The molecule has 9 nitrogen and oxygen atoms in total. The van der Waals surface area contributed by atoms with Gasteiger partial charge in [-0.1, -0.05) is 0 Å². The van der Waals surface area contributed by atoms with E-state index in [1.165, 1.54) is 26.3 Å². The highest BCUT2D eigenvalue weighted by molar-refractivity contribution is 5.91. The SMILES string of the molecule is COC(=O)N1CCN(CCNC(=O)c2ccc(=O)n(C)n2)CC1. The number of methoxy groups -OCH3 is 1. The Kier molecular flexibility index (Phi) is 5.69. The summed E-state index contributed by atoms with van der Waals surface area (Å²) in [7, 11) is 2.87. The van der Waals surface area contributed by atoms with Crippen LogP contribution in [0.4, 0.5) is 4.79 Å². The Hall–Kier alpha value is -2.42. The van der Waals surface area contributed by atoms with Gasteiger partial charge < -0.3 is 15.0 Å². The third-order valence-corrected chi connectivity index (χ3v) is 3.71. The molecule has 1 N–H and O–H groups in total. The summed E-state index contributed by atoms with van der Waals surface area (Å²) in [4.78, 5) is 38.4. The minimum Gasteiger partial charge on any atom is -0.453 e. The molecule has 0 radical (unpaired) electrons. The van der Waals surface area contributed by atoms with Gasteiger partial charge in [-0.05, 0) is 6.07 Å². The van der Waals surface area contributed by atoms with Crippen molar-refractivity contribution in [1.82, 2.24) is 24.9 Å². The van der Waals surface area contributed by atoms with Gasteiger partial charge in [-0.25, -0.2) is 9.48 Å². The Labute approximate surface area is 133 Å². The number of hydrogen-bond donors (Lipinski definition) is 1. The molecule has 0 aromatic carbocycles. The van der Waals surface area contributed by atoms with Gasteiger partial charge in [0.25, 0.3) is 11.5 Å². The topological polar surface area (TPSA) is 96.8 Å². The number of aromatic nitrogens is 2. The van der Waals surface area contributed by atoms with E-state index >= 15 is 0 Å². The maximum Gasteiger partial charge on any atom is 0.409 e. The molecule has 1 aromatic heterocycles. The fourth-order valence-electron chi connectivity index (χ4n) is 2.32. The van der Waals surface area contributed by atoms with E-state index in [1.54, 1.807) is 4.90 Å². The Morgan fingerprint density at radius 1 is 1.26 bits per heavy atom. The summed E-state index contributed by atoms with van der Waals surface area (Å²) in [6.45, 7) is 3.87. The first-order valence-electron chi connectivity index (χ1n) is 7.39. The fourth-order valence-corrected chi connectivity index (χ4v) is 2.32. The third kappa shape index (κ3) is 4.52. The smallest absolute Gasteiger partial charge is 0.409 e. The van der Waals surface area contributed by atoms with Gasteiger partial charge in [-0.15, -0.1) is 0 Å². The van der Waals surface area contributed by atoms with E-state index < -0.39 is 0 Å². The minimum absolute atomic E-state index is 0.211. The van der Waals surface area contributed by atoms with Gasteiger partial charge in [0.1, 0.15) is 5.69 Å². The Morgan fingerprint density at radius 2 is 1.96 bits per heavy atom. The van der Waals surface area contributed by atoms with Crippen LogP contribution in [0, 0.1) is 0 Å². The van der Waals surface area contributed by atoms with Crippen LogP contribution in [0.5, 0.6) is 0 Å². The second-order valence-electron chi connectivity index (χ2n) is 5.24. The quantitative estimate of drug-likeness (QED) is 0.755. The number of nitrogens with zero attached hydrogens (tertiary/aromatic N) is 4. The molecule has 23 heavy (non-hydrogen) atoms. The van der Waals surface area contributed by atoms with Gasteiger partial charge >= 0.3 is 6.09 Å². The highest BCUT2D eigenvalue weighted by Gasteiger charge is 2.21. The van der Waals surface area contributed by atoms with Crippen LogP contribution in [0.25, 0.3) is 0 Å².